The van der Waals surface area contributed by atoms with E-state index in [1.54, 1.807) is 43.3 Å². The Balaban J connectivity index is 1.80. The minimum atomic E-state index is -0.832. The molecule has 0 atom stereocenters. The van der Waals surface area contributed by atoms with E-state index in [4.69, 9.17) is 32.7 Å². The minimum Gasteiger partial charge on any atom is -0.490 e. The summed E-state index contributed by atoms with van der Waals surface area (Å²) in [6.07, 6.45) is 1.31. The predicted octanol–water partition coefficient (Wildman–Crippen LogP) is 6.33. The molecule has 3 rings (SSSR count). The molecule has 1 N–H and O–H groups in total. The third-order valence-corrected chi connectivity index (χ3v) is 5.56. The maximum atomic E-state index is 12.7. The molecule has 0 aliphatic rings. The van der Waals surface area contributed by atoms with E-state index in [0.717, 1.165) is 12.1 Å². The number of nitriles is 1. The molecule has 3 aromatic rings. The summed E-state index contributed by atoms with van der Waals surface area (Å²) in [5, 5.41) is 33.4. The van der Waals surface area contributed by atoms with Gasteiger partial charge in [0.15, 0.2) is 11.5 Å². The van der Waals surface area contributed by atoms with Gasteiger partial charge in [0.1, 0.15) is 18.2 Å². The average Bonchev–Trinajstić information content (AvgIpc) is 2.88. The fraction of sp³-hybridized carbons (Fsp3) is 0.120. The van der Waals surface area contributed by atoms with Crippen LogP contribution in [0.1, 0.15) is 18.1 Å². The van der Waals surface area contributed by atoms with Crippen molar-refractivity contribution >= 4 is 52.2 Å². The lowest BCUT2D eigenvalue weighted by molar-refractivity contribution is -0.385. The molecular weight excluding hydrogens is 539 g/mol. The van der Waals surface area contributed by atoms with Gasteiger partial charge in [-0.05, 0) is 48.4 Å². The van der Waals surface area contributed by atoms with E-state index < -0.39 is 15.8 Å². The lowest BCUT2D eigenvalue weighted by Crippen LogP contribution is -2.14. The van der Waals surface area contributed by atoms with Crippen molar-refractivity contribution in [3.8, 4) is 17.6 Å². The van der Waals surface area contributed by atoms with Crippen LogP contribution in [0.5, 0.6) is 11.5 Å². The number of nitrogens with one attached hydrogen (secondary N) is 1. The van der Waals surface area contributed by atoms with E-state index in [0.29, 0.717) is 29.2 Å². The van der Waals surface area contributed by atoms with Crippen LogP contribution in [0.15, 0.2) is 60.2 Å². The van der Waals surface area contributed by atoms with Gasteiger partial charge in [0, 0.05) is 24.3 Å². The lowest BCUT2D eigenvalue weighted by atomic mass is 10.1. The highest BCUT2D eigenvalue weighted by Crippen LogP contribution is 2.35. The molecular formula is C25H18Cl2N4O7. The molecule has 3 aromatic carbocycles. The number of nitro benzene ring substituents is 2. The molecule has 194 valence electrons. The molecule has 0 aliphatic carbocycles. The van der Waals surface area contributed by atoms with Crippen molar-refractivity contribution in [3.63, 3.8) is 0 Å². The molecule has 0 heterocycles. The maximum Gasteiger partial charge on any atom is 0.272 e. The summed E-state index contributed by atoms with van der Waals surface area (Å²) in [6, 6.07) is 14.5. The van der Waals surface area contributed by atoms with Gasteiger partial charge in [-0.2, -0.15) is 5.26 Å². The fourth-order valence-corrected chi connectivity index (χ4v) is 3.73. The van der Waals surface area contributed by atoms with Crippen molar-refractivity contribution in [1.82, 2.24) is 0 Å². The number of amides is 1. The Kier molecular flexibility index (Phi) is 9.21. The Bertz CT molecular complexity index is 1440. The molecule has 0 saturated carbocycles. The first kappa shape index (κ1) is 27.9. The van der Waals surface area contributed by atoms with Gasteiger partial charge in [-0.1, -0.05) is 29.3 Å². The van der Waals surface area contributed by atoms with E-state index in [1.165, 1.54) is 18.2 Å². The molecule has 0 bridgehead atoms. The van der Waals surface area contributed by atoms with Gasteiger partial charge in [0.25, 0.3) is 17.3 Å². The number of nitrogens with zero attached hydrogens (tertiary/aromatic N) is 3. The quantitative estimate of drug-likeness (QED) is 0.131. The zero-order valence-electron chi connectivity index (χ0n) is 19.6. The first-order valence-corrected chi connectivity index (χ1v) is 11.6. The summed E-state index contributed by atoms with van der Waals surface area (Å²) in [5.74, 6) is -0.0984. The SMILES string of the molecule is CCOc1cc(/C=C(\C#N)C(=O)Nc2c(Cl)cc([N+](=O)[O-])cc2Cl)ccc1OCc1ccc([N+](=O)[O-])cc1. The number of nitro groups is 2. The second-order valence-electron chi connectivity index (χ2n) is 7.52. The molecule has 0 aliphatic heterocycles. The van der Waals surface area contributed by atoms with E-state index in [-0.39, 0.29) is 39.3 Å². The maximum absolute atomic E-state index is 12.7. The van der Waals surface area contributed by atoms with Crippen molar-refractivity contribution in [2.45, 2.75) is 13.5 Å². The van der Waals surface area contributed by atoms with Crippen LogP contribution in [-0.4, -0.2) is 22.4 Å². The molecule has 38 heavy (non-hydrogen) atoms. The third-order valence-electron chi connectivity index (χ3n) is 4.96. The Morgan fingerprint density at radius 1 is 0.974 bits per heavy atom. The molecule has 0 aromatic heterocycles. The minimum absolute atomic E-state index is 0.0321. The first-order valence-electron chi connectivity index (χ1n) is 10.8. The number of non-ortho nitro benzene ring substituents is 2. The number of benzene rings is 3. The normalized spacial score (nSPS) is 10.8. The predicted molar refractivity (Wildman–Crippen MR) is 140 cm³/mol. The number of rotatable bonds is 10. The van der Waals surface area contributed by atoms with Gasteiger partial charge in [-0.15, -0.1) is 0 Å². The van der Waals surface area contributed by atoms with Crippen LogP contribution in [0.4, 0.5) is 17.1 Å². The van der Waals surface area contributed by atoms with Crippen molar-refractivity contribution in [3.05, 3.63) is 102 Å². The van der Waals surface area contributed by atoms with Gasteiger partial charge >= 0.3 is 0 Å². The smallest absolute Gasteiger partial charge is 0.272 e. The van der Waals surface area contributed by atoms with Crippen molar-refractivity contribution in [2.24, 2.45) is 0 Å². The first-order chi connectivity index (χ1) is 18.1. The van der Waals surface area contributed by atoms with Crippen LogP contribution in [0.3, 0.4) is 0 Å². The number of hydrogen-bond donors (Lipinski definition) is 1. The molecule has 13 heteroatoms. The molecule has 0 radical (unpaired) electrons. The highest BCUT2D eigenvalue weighted by Gasteiger charge is 2.19. The Morgan fingerprint density at radius 3 is 2.16 bits per heavy atom. The lowest BCUT2D eigenvalue weighted by Gasteiger charge is -2.13. The molecule has 1 amide bonds. The van der Waals surface area contributed by atoms with Crippen LogP contribution >= 0.6 is 23.2 Å². The molecule has 0 unspecified atom stereocenters. The Labute approximate surface area is 226 Å². The van der Waals surface area contributed by atoms with Gasteiger partial charge < -0.3 is 14.8 Å². The van der Waals surface area contributed by atoms with Crippen LogP contribution in [0.2, 0.25) is 10.0 Å². The Morgan fingerprint density at radius 2 is 1.61 bits per heavy atom. The van der Waals surface area contributed by atoms with E-state index in [2.05, 4.69) is 5.32 Å². The second kappa shape index (κ2) is 12.5. The monoisotopic (exact) mass is 556 g/mol. The van der Waals surface area contributed by atoms with Gasteiger partial charge in [0.05, 0.1) is 32.2 Å². The highest BCUT2D eigenvalue weighted by atomic mass is 35.5. The van der Waals surface area contributed by atoms with E-state index in [9.17, 15) is 30.3 Å². The summed E-state index contributed by atoms with van der Waals surface area (Å²) < 4.78 is 11.4. The summed E-state index contributed by atoms with van der Waals surface area (Å²) >= 11 is 12.1. The summed E-state index contributed by atoms with van der Waals surface area (Å²) in [5.41, 5.74) is 0.397. The Hall–Kier alpha value is -4.66. The molecule has 0 spiro atoms. The number of halogens is 2. The van der Waals surface area contributed by atoms with Crippen LogP contribution in [0.25, 0.3) is 6.08 Å². The highest BCUT2D eigenvalue weighted by molar-refractivity contribution is 6.40. The number of anilines is 1. The van der Waals surface area contributed by atoms with E-state index in [1.807, 2.05) is 0 Å². The van der Waals surface area contributed by atoms with Gasteiger partial charge in [0.2, 0.25) is 0 Å². The van der Waals surface area contributed by atoms with Crippen molar-refractivity contribution in [2.75, 3.05) is 11.9 Å². The van der Waals surface area contributed by atoms with Crippen LogP contribution < -0.4 is 14.8 Å². The van der Waals surface area contributed by atoms with Gasteiger partial charge in [-0.25, -0.2) is 0 Å². The third kappa shape index (κ3) is 6.97. The standard InChI is InChI=1S/C25H18Cl2N4O7/c1-2-37-23-10-16(5-8-22(23)38-14-15-3-6-18(7-4-15)30(33)34)9-17(13-28)25(32)29-24-20(26)11-19(31(35)36)12-21(24)27/h3-12H,2,14H2,1H3,(H,29,32)/b17-9+. The topological polar surface area (TPSA) is 158 Å². The van der Waals surface area contributed by atoms with Crippen molar-refractivity contribution < 1.29 is 24.1 Å². The number of hydrogen-bond acceptors (Lipinski definition) is 8. The number of ether oxygens (including phenoxy) is 2. The summed E-state index contributed by atoms with van der Waals surface area (Å²) in [7, 11) is 0. The summed E-state index contributed by atoms with van der Waals surface area (Å²) in [4.78, 5) is 33.3. The molecule has 0 saturated heterocycles. The number of carbonyl (C=O) groups excluding carboxylic acids is 1. The van der Waals surface area contributed by atoms with E-state index >= 15 is 0 Å². The zero-order chi connectivity index (χ0) is 27.8. The summed E-state index contributed by atoms with van der Waals surface area (Å²) in [6.45, 7) is 2.20. The molecule has 0 fully saturated rings. The number of carbonyl (C=O) groups is 1. The van der Waals surface area contributed by atoms with Crippen LogP contribution in [-0.2, 0) is 11.4 Å². The fourth-order valence-electron chi connectivity index (χ4n) is 3.16. The second-order valence-corrected chi connectivity index (χ2v) is 8.33. The average molecular weight is 557 g/mol. The van der Waals surface area contributed by atoms with Gasteiger partial charge in [-0.3, -0.25) is 25.0 Å². The zero-order valence-corrected chi connectivity index (χ0v) is 21.2. The van der Waals surface area contributed by atoms with Crippen LogP contribution in [0, 0.1) is 31.6 Å². The largest absolute Gasteiger partial charge is 0.490 e. The molecule has 11 nitrogen and oxygen atoms in total. The van der Waals surface area contributed by atoms with Crippen molar-refractivity contribution in [1.29, 1.82) is 5.26 Å².